The number of nitro groups is 1. The van der Waals surface area contributed by atoms with Crippen molar-refractivity contribution >= 4 is 27.3 Å². The van der Waals surface area contributed by atoms with Crippen LogP contribution in [0.25, 0.3) is 0 Å². The van der Waals surface area contributed by atoms with E-state index in [2.05, 4.69) is 10.2 Å². The fourth-order valence-corrected chi connectivity index (χ4v) is 5.37. The van der Waals surface area contributed by atoms with Gasteiger partial charge in [-0.2, -0.15) is 0 Å². The summed E-state index contributed by atoms with van der Waals surface area (Å²) in [6.45, 7) is 4.91. The molecule has 1 heterocycles. The maximum atomic E-state index is 13.1. The fourth-order valence-electron chi connectivity index (χ4n) is 4.17. The van der Waals surface area contributed by atoms with Crippen molar-refractivity contribution in [1.29, 1.82) is 0 Å². The van der Waals surface area contributed by atoms with E-state index in [1.807, 2.05) is 24.3 Å². The predicted octanol–water partition coefficient (Wildman–Crippen LogP) is 3.05. The summed E-state index contributed by atoms with van der Waals surface area (Å²) in [5.41, 5.74) is 1.95. The van der Waals surface area contributed by atoms with Crippen molar-refractivity contribution in [2.45, 2.75) is 45.3 Å². The lowest BCUT2D eigenvalue weighted by atomic mass is 10.1. The molecular formula is C23H30N4O5S. The standard InChI is InChI=1S/C23H30N4O5S/c1-3-22(26(33(2,31)32)20-11-8-12-21(15-20)27(29)30)23(28)24-16-18-9-4-5-10-19(18)17-25-13-6-7-14-25/h4-5,8-12,15,22H,3,6-7,13-14,16-17H2,1-2H3,(H,24,28)/t22-/m1/s1. The van der Waals surface area contributed by atoms with E-state index in [1.165, 1.54) is 37.1 Å². The summed E-state index contributed by atoms with van der Waals surface area (Å²) in [7, 11) is -3.88. The van der Waals surface area contributed by atoms with Crippen molar-refractivity contribution in [2.75, 3.05) is 23.7 Å². The van der Waals surface area contributed by atoms with E-state index in [4.69, 9.17) is 0 Å². The summed E-state index contributed by atoms with van der Waals surface area (Å²) in [5.74, 6) is -0.453. The van der Waals surface area contributed by atoms with Crippen LogP contribution in [0.2, 0.25) is 0 Å². The Kier molecular flexibility index (Phi) is 8.04. The number of hydrogen-bond acceptors (Lipinski definition) is 6. The van der Waals surface area contributed by atoms with Crippen LogP contribution in [-0.4, -0.2) is 49.5 Å². The average Bonchev–Trinajstić information content (AvgIpc) is 3.29. The Labute approximate surface area is 194 Å². The smallest absolute Gasteiger partial charge is 0.271 e. The first-order chi connectivity index (χ1) is 15.7. The molecule has 3 rings (SSSR count). The third kappa shape index (κ3) is 6.29. The number of anilines is 1. The van der Waals surface area contributed by atoms with E-state index in [0.29, 0.717) is 0 Å². The number of carbonyl (C=O) groups excluding carboxylic acids is 1. The molecule has 1 fully saturated rings. The van der Waals surface area contributed by atoms with Crippen molar-refractivity contribution in [3.05, 3.63) is 69.8 Å². The zero-order valence-electron chi connectivity index (χ0n) is 18.9. The molecule has 0 radical (unpaired) electrons. The summed E-state index contributed by atoms with van der Waals surface area (Å²) in [6, 6.07) is 12.2. The van der Waals surface area contributed by atoms with Crippen LogP contribution in [0.15, 0.2) is 48.5 Å². The molecule has 1 aliphatic rings. The third-order valence-electron chi connectivity index (χ3n) is 5.79. The Morgan fingerprint density at radius 1 is 1.15 bits per heavy atom. The van der Waals surface area contributed by atoms with Gasteiger partial charge in [0.15, 0.2) is 0 Å². The molecular weight excluding hydrogens is 444 g/mol. The zero-order valence-corrected chi connectivity index (χ0v) is 19.8. The van der Waals surface area contributed by atoms with Gasteiger partial charge in [-0.1, -0.05) is 37.3 Å². The number of nitro benzene ring substituents is 1. The summed E-state index contributed by atoms with van der Waals surface area (Å²) >= 11 is 0. The van der Waals surface area contributed by atoms with Gasteiger partial charge in [0.2, 0.25) is 15.9 Å². The van der Waals surface area contributed by atoms with Gasteiger partial charge >= 0.3 is 0 Å². The number of carbonyl (C=O) groups is 1. The number of rotatable bonds is 10. The maximum Gasteiger partial charge on any atom is 0.271 e. The lowest BCUT2D eigenvalue weighted by molar-refractivity contribution is -0.384. The molecule has 0 bridgehead atoms. The quantitative estimate of drug-likeness (QED) is 0.418. The summed E-state index contributed by atoms with van der Waals surface area (Å²) in [4.78, 5) is 26.1. The topological polar surface area (TPSA) is 113 Å². The van der Waals surface area contributed by atoms with Crippen molar-refractivity contribution < 1.29 is 18.1 Å². The fraction of sp³-hybridized carbons (Fsp3) is 0.435. The third-order valence-corrected chi connectivity index (χ3v) is 6.97. The Hall–Kier alpha value is -2.98. The number of sulfonamides is 1. The van der Waals surface area contributed by atoms with Gasteiger partial charge in [-0.3, -0.25) is 24.1 Å². The highest BCUT2D eigenvalue weighted by atomic mass is 32.2. The molecule has 1 aliphatic heterocycles. The van der Waals surface area contributed by atoms with Gasteiger partial charge in [0, 0.05) is 25.2 Å². The molecule has 0 aromatic heterocycles. The van der Waals surface area contributed by atoms with Crippen LogP contribution >= 0.6 is 0 Å². The number of nitrogens with zero attached hydrogens (tertiary/aromatic N) is 3. The van der Waals surface area contributed by atoms with Gasteiger partial charge in [0.25, 0.3) is 5.69 Å². The Morgan fingerprint density at radius 2 is 1.82 bits per heavy atom. The Balaban J connectivity index is 1.80. The van der Waals surface area contributed by atoms with Crippen LogP contribution < -0.4 is 9.62 Å². The SMILES string of the molecule is CC[C@H](C(=O)NCc1ccccc1CN1CCCC1)N(c1cccc([N+](=O)[O-])c1)S(C)(=O)=O. The van der Waals surface area contributed by atoms with Crippen LogP contribution in [0.3, 0.4) is 0 Å². The first-order valence-corrected chi connectivity index (χ1v) is 12.9. The zero-order chi connectivity index (χ0) is 24.0. The van der Waals surface area contributed by atoms with Crippen molar-refractivity contribution in [1.82, 2.24) is 10.2 Å². The second-order valence-electron chi connectivity index (χ2n) is 8.23. The lowest BCUT2D eigenvalue weighted by Crippen LogP contribution is -2.49. The summed E-state index contributed by atoms with van der Waals surface area (Å²) in [5, 5.41) is 14.0. The van der Waals surface area contributed by atoms with Crippen molar-refractivity contribution in [2.24, 2.45) is 0 Å². The van der Waals surface area contributed by atoms with E-state index < -0.39 is 26.9 Å². The highest BCUT2D eigenvalue weighted by Crippen LogP contribution is 2.26. The average molecular weight is 475 g/mol. The van der Waals surface area contributed by atoms with Crippen LogP contribution in [-0.2, 0) is 27.9 Å². The largest absolute Gasteiger partial charge is 0.350 e. The van der Waals surface area contributed by atoms with Gasteiger partial charge in [-0.25, -0.2) is 8.42 Å². The number of nitrogens with one attached hydrogen (secondary N) is 1. The van der Waals surface area contributed by atoms with Gasteiger partial charge < -0.3 is 5.32 Å². The molecule has 1 N–H and O–H groups in total. The molecule has 10 heteroatoms. The molecule has 0 saturated carbocycles. The molecule has 0 aliphatic carbocycles. The summed E-state index contributed by atoms with van der Waals surface area (Å²) in [6.07, 6.45) is 3.58. The molecule has 1 saturated heterocycles. The molecule has 2 aromatic carbocycles. The minimum Gasteiger partial charge on any atom is -0.350 e. The number of likely N-dealkylation sites (tertiary alicyclic amines) is 1. The first kappa shape index (κ1) is 24.7. The number of non-ortho nitro benzene ring substituents is 1. The van der Waals surface area contributed by atoms with E-state index in [1.54, 1.807) is 6.92 Å². The number of benzene rings is 2. The highest BCUT2D eigenvalue weighted by molar-refractivity contribution is 7.92. The molecule has 1 amide bonds. The molecule has 0 unspecified atom stereocenters. The molecule has 2 aromatic rings. The van der Waals surface area contributed by atoms with Crippen LogP contribution in [0.1, 0.15) is 37.3 Å². The Morgan fingerprint density at radius 3 is 2.42 bits per heavy atom. The lowest BCUT2D eigenvalue weighted by Gasteiger charge is -2.30. The Bertz CT molecular complexity index is 1100. The van der Waals surface area contributed by atoms with Crippen molar-refractivity contribution in [3.8, 4) is 0 Å². The molecule has 178 valence electrons. The second kappa shape index (κ2) is 10.8. The van der Waals surface area contributed by atoms with E-state index in [-0.39, 0.29) is 24.3 Å². The van der Waals surface area contributed by atoms with Crippen LogP contribution in [0, 0.1) is 10.1 Å². The maximum absolute atomic E-state index is 13.1. The van der Waals surface area contributed by atoms with E-state index in [9.17, 15) is 23.3 Å². The number of hydrogen-bond donors (Lipinski definition) is 1. The van der Waals surface area contributed by atoms with Gasteiger partial charge in [-0.05, 0) is 49.5 Å². The van der Waals surface area contributed by atoms with Crippen molar-refractivity contribution in [3.63, 3.8) is 0 Å². The molecule has 33 heavy (non-hydrogen) atoms. The highest BCUT2D eigenvalue weighted by Gasteiger charge is 2.32. The number of amides is 1. The molecule has 9 nitrogen and oxygen atoms in total. The van der Waals surface area contributed by atoms with Gasteiger partial charge in [-0.15, -0.1) is 0 Å². The van der Waals surface area contributed by atoms with Gasteiger partial charge in [0.05, 0.1) is 16.9 Å². The molecule has 0 spiro atoms. The van der Waals surface area contributed by atoms with Gasteiger partial charge in [0.1, 0.15) is 6.04 Å². The summed E-state index contributed by atoms with van der Waals surface area (Å²) < 4.78 is 26.2. The van der Waals surface area contributed by atoms with E-state index in [0.717, 1.165) is 41.3 Å². The predicted molar refractivity (Wildman–Crippen MR) is 127 cm³/mol. The second-order valence-corrected chi connectivity index (χ2v) is 10.1. The monoisotopic (exact) mass is 474 g/mol. The molecule has 1 atom stereocenters. The van der Waals surface area contributed by atoms with Crippen LogP contribution in [0.5, 0.6) is 0 Å². The first-order valence-electron chi connectivity index (χ1n) is 11.0. The minimum atomic E-state index is -3.88. The van der Waals surface area contributed by atoms with E-state index >= 15 is 0 Å². The van der Waals surface area contributed by atoms with Crippen LogP contribution in [0.4, 0.5) is 11.4 Å². The minimum absolute atomic E-state index is 0.0862. The normalized spacial score (nSPS) is 15.2.